The summed E-state index contributed by atoms with van der Waals surface area (Å²) >= 11 is 0. The van der Waals surface area contributed by atoms with Gasteiger partial charge in [-0.05, 0) is 60.7 Å². The highest BCUT2D eigenvalue weighted by molar-refractivity contribution is 6.13. The van der Waals surface area contributed by atoms with Crippen LogP contribution in [0.15, 0.2) is 126 Å². The van der Waals surface area contributed by atoms with Gasteiger partial charge in [0.2, 0.25) is 0 Å². The molecule has 0 amide bonds. The van der Waals surface area contributed by atoms with E-state index in [1.54, 1.807) is 4.80 Å². The molecule has 0 spiro atoms. The predicted molar refractivity (Wildman–Crippen MR) is 141 cm³/mol. The lowest BCUT2D eigenvalue weighted by Gasteiger charge is -2.26. The fraction of sp³-hybridized carbons (Fsp3) is 0. The first-order valence-corrected chi connectivity index (χ1v) is 11.5. The molecular formula is C30H20N4O. The monoisotopic (exact) mass is 452 g/mol. The number of aromatic nitrogens is 3. The number of furan rings is 1. The van der Waals surface area contributed by atoms with Crippen LogP contribution in [-0.2, 0) is 0 Å². The van der Waals surface area contributed by atoms with Crippen molar-refractivity contribution in [2.75, 3.05) is 4.90 Å². The van der Waals surface area contributed by atoms with Gasteiger partial charge < -0.3 is 9.32 Å². The van der Waals surface area contributed by atoms with Crippen molar-refractivity contribution < 1.29 is 4.42 Å². The Labute approximate surface area is 201 Å². The number of anilines is 3. The van der Waals surface area contributed by atoms with Gasteiger partial charge >= 0.3 is 0 Å². The summed E-state index contributed by atoms with van der Waals surface area (Å²) in [6.45, 7) is 0. The Kier molecular flexibility index (Phi) is 4.39. The van der Waals surface area contributed by atoms with Crippen molar-refractivity contribution in [1.29, 1.82) is 0 Å². The zero-order chi connectivity index (χ0) is 23.2. The first-order chi connectivity index (χ1) is 17.3. The van der Waals surface area contributed by atoms with Gasteiger partial charge in [0.15, 0.2) is 0 Å². The molecule has 0 N–H and O–H groups in total. The summed E-state index contributed by atoms with van der Waals surface area (Å²) in [6.07, 6.45) is 0. The topological polar surface area (TPSA) is 47.1 Å². The molecule has 35 heavy (non-hydrogen) atoms. The lowest BCUT2D eigenvalue weighted by molar-refractivity contribution is 0.669. The molecule has 0 fully saturated rings. The van der Waals surface area contributed by atoms with E-state index in [1.165, 1.54) is 0 Å². The van der Waals surface area contributed by atoms with Crippen LogP contribution in [-0.4, -0.2) is 15.0 Å². The number of para-hydroxylation sites is 3. The molecule has 0 saturated carbocycles. The number of nitrogens with zero attached hydrogens (tertiary/aromatic N) is 4. The normalized spacial score (nSPS) is 11.4. The highest BCUT2D eigenvalue weighted by Gasteiger charge is 2.19. The van der Waals surface area contributed by atoms with E-state index >= 15 is 0 Å². The Balaban J connectivity index is 1.46. The molecule has 0 saturated heterocycles. The van der Waals surface area contributed by atoms with E-state index in [-0.39, 0.29) is 0 Å². The summed E-state index contributed by atoms with van der Waals surface area (Å²) in [5.41, 5.74) is 7.45. The maximum absolute atomic E-state index is 6.19. The summed E-state index contributed by atoms with van der Waals surface area (Å²) in [5, 5.41) is 11.6. The van der Waals surface area contributed by atoms with Gasteiger partial charge in [-0.25, -0.2) is 0 Å². The van der Waals surface area contributed by atoms with Gasteiger partial charge in [-0.2, -0.15) is 4.80 Å². The summed E-state index contributed by atoms with van der Waals surface area (Å²) in [7, 11) is 0. The molecule has 2 heterocycles. The van der Waals surface area contributed by atoms with E-state index < -0.39 is 0 Å². The van der Waals surface area contributed by atoms with Gasteiger partial charge in [-0.15, -0.1) is 10.2 Å². The molecule has 2 aromatic heterocycles. The van der Waals surface area contributed by atoms with Crippen molar-refractivity contribution in [2.45, 2.75) is 0 Å². The molecular weight excluding hydrogens is 432 g/mol. The zero-order valence-corrected chi connectivity index (χ0v) is 18.7. The first-order valence-electron chi connectivity index (χ1n) is 11.5. The summed E-state index contributed by atoms with van der Waals surface area (Å²) in [6, 6.07) is 41.0. The first kappa shape index (κ1) is 19.6. The Morgan fingerprint density at radius 3 is 2.14 bits per heavy atom. The van der Waals surface area contributed by atoms with Gasteiger partial charge in [0, 0.05) is 16.8 Å². The van der Waals surface area contributed by atoms with Crippen LogP contribution in [0.2, 0.25) is 0 Å². The number of hydrogen-bond donors (Lipinski definition) is 0. The Morgan fingerprint density at radius 2 is 1.29 bits per heavy atom. The third-order valence-electron chi connectivity index (χ3n) is 6.25. The smallest absolute Gasteiger partial charge is 0.137 e. The van der Waals surface area contributed by atoms with Crippen LogP contribution >= 0.6 is 0 Å². The molecule has 0 atom stereocenters. The second-order valence-electron chi connectivity index (χ2n) is 8.42. The molecule has 5 aromatic carbocycles. The molecule has 0 aliphatic rings. The SMILES string of the molecule is c1ccc(N(c2ccc3nn(-c4ccccc4)nc3c2)c2cccc3oc4ccccc4c23)cc1. The van der Waals surface area contributed by atoms with Crippen molar-refractivity contribution in [3.05, 3.63) is 121 Å². The van der Waals surface area contributed by atoms with Crippen molar-refractivity contribution in [1.82, 2.24) is 15.0 Å². The quantitative estimate of drug-likeness (QED) is 0.273. The van der Waals surface area contributed by atoms with Crippen LogP contribution in [0.5, 0.6) is 0 Å². The highest BCUT2D eigenvalue weighted by atomic mass is 16.3. The summed E-state index contributed by atoms with van der Waals surface area (Å²) in [4.78, 5) is 3.94. The van der Waals surface area contributed by atoms with E-state index in [0.717, 1.165) is 55.7 Å². The van der Waals surface area contributed by atoms with Crippen LogP contribution in [0, 0.1) is 0 Å². The van der Waals surface area contributed by atoms with Crippen molar-refractivity contribution >= 4 is 50.0 Å². The molecule has 7 rings (SSSR count). The molecule has 0 unspecified atom stereocenters. The van der Waals surface area contributed by atoms with Gasteiger partial charge in [0.1, 0.15) is 22.2 Å². The van der Waals surface area contributed by atoms with E-state index in [9.17, 15) is 0 Å². The third-order valence-corrected chi connectivity index (χ3v) is 6.25. The zero-order valence-electron chi connectivity index (χ0n) is 18.7. The molecule has 166 valence electrons. The molecule has 0 bridgehead atoms. The Bertz CT molecular complexity index is 1800. The minimum atomic E-state index is 0.830. The largest absolute Gasteiger partial charge is 0.456 e. The van der Waals surface area contributed by atoms with Gasteiger partial charge in [0.25, 0.3) is 0 Å². The van der Waals surface area contributed by atoms with E-state index in [1.807, 2.05) is 66.7 Å². The molecule has 5 heteroatoms. The minimum absolute atomic E-state index is 0.830. The van der Waals surface area contributed by atoms with E-state index in [4.69, 9.17) is 9.52 Å². The number of fused-ring (bicyclic) bond motifs is 4. The predicted octanol–water partition coefficient (Wildman–Crippen LogP) is 7.79. The summed E-state index contributed by atoms with van der Waals surface area (Å²) in [5.74, 6) is 0. The van der Waals surface area contributed by atoms with Crippen LogP contribution in [0.25, 0.3) is 38.7 Å². The van der Waals surface area contributed by atoms with Crippen LogP contribution in [0.1, 0.15) is 0 Å². The number of benzene rings is 5. The van der Waals surface area contributed by atoms with Gasteiger partial charge in [0.05, 0.1) is 16.8 Å². The van der Waals surface area contributed by atoms with E-state index in [2.05, 4.69) is 64.6 Å². The van der Waals surface area contributed by atoms with Crippen molar-refractivity contribution in [2.24, 2.45) is 0 Å². The second-order valence-corrected chi connectivity index (χ2v) is 8.42. The highest BCUT2D eigenvalue weighted by Crippen LogP contribution is 2.42. The fourth-order valence-corrected chi connectivity index (χ4v) is 4.67. The third kappa shape index (κ3) is 3.25. The molecule has 0 aliphatic heterocycles. The van der Waals surface area contributed by atoms with Crippen LogP contribution in [0.3, 0.4) is 0 Å². The summed E-state index contributed by atoms with van der Waals surface area (Å²) < 4.78 is 6.19. The minimum Gasteiger partial charge on any atom is -0.456 e. The molecule has 0 aliphatic carbocycles. The standard InChI is InChI=1S/C30H20N4O/c1-3-10-21(11-4-1)33(27-15-9-17-29-30(27)24-14-7-8-16-28(24)35-29)23-18-19-25-26(20-23)32-34(31-25)22-12-5-2-6-13-22/h1-20H. The maximum Gasteiger partial charge on any atom is 0.137 e. The number of hydrogen-bond acceptors (Lipinski definition) is 4. The lowest BCUT2D eigenvalue weighted by Crippen LogP contribution is -2.10. The van der Waals surface area contributed by atoms with Crippen molar-refractivity contribution in [3.8, 4) is 5.69 Å². The molecule has 7 aromatic rings. The van der Waals surface area contributed by atoms with Crippen molar-refractivity contribution in [3.63, 3.8) is 0 Å². The lowest BCUT2D eigenvalue weighted by atomic mass is 10.1. The van der Waals surface area contributed by atoms with Crippen LogP contribution < -0.4 is 4.90 Å². The second kappa shape index (κ2) is 7.85. The molecule has 0 radical (unpaired) electrons. The van der Waals surface area contributed by atoms with E-state index in [0.29, 0.717) is 0 Å². The fourth-order valence-electron chi connectivity index (χ4n) is 4.67. The van der Waals surface area contributed by atoms with Gasteiger partial charge in [-0.1, -0.05) is 60.7 Å². The molecule has 5 nitrogen and oxygen atoms in total. The van der Waals surface area contributed by atoms with Crippen LogP contribution in [0.4, 0.5) is 17.1 Å². The maximum atomic E-state index is 6.19. The average Bonchev–Trinajstić information content (AvgIpc) is 3.52. The van der Waals surface area contributed by atoms with Gasteiger partial charge in [-0.3, -0.25) is 0 Å². The Morgan fingerprint density at radius 1 is 0.571 bits per heavy atom. The average molecular weight is 453 g/mol. The number of rotatable bonds is 4. The Hall–Kier alpha value is -4.90.